The van der Waals surface area contributed by atoms with Crippen LogP contribution in [0.2, 0.25) is 0 Å². The van der Waals surface area contributed by atoms with Crippen LogP contribution in [0.3, 0.4) is 0 Å². The van der Waals surface area contributed by atoms with Gasteiger partial charge in [-0.2, -0.15) is 8.42 Å². The molecule has 70 heavy (non-hydrogen) atoms. The van der Waals surface area contributed by atoms with E-state index in [0.29, 0.717) is 0 Å². The first-order valence-corrected chi connectivity index (χ1v) is 21.8. The summed E-state index contributed by atoms with van der Waals surface area (Å²) in [6.45, 7) is -0.940. The molecule has 0 bridgehead atoms. The van der Waals surface area contributed by atoms with Gasteiger partial charge in [0.1, 0.15) is 77.2 Å². The number of aliphatic hydroxyl groups is 10. The van der Waals surface area contributed by atoms with Gasteiger partial charge in [-0.15, -0.1) is 0 Å². The number of rotatable bonds is 4. The molecule has 4 aromatic rings. The van der Waals surface area contributed by atoms with Crippen LogP contribution in [0.25, 0.3) is 10.8 Å². The summed E-state index contributed by atoms with van der Waals surface area (Å²) in [6.07, 6.45) is -15.1. The Morgan fingerprint density at radius 1 is 0.557 bits per heavy atom. The topological polar surface area (TPSA) is 525 Å². The molecule has 388 valence electrons. The van der Waals surface area contributed by atoms with Crippen LogP contribution < -0.4 is 26.4 Å². The van der Waals surface area contributed by atoms with Crippen molar-refractivity contribution < 1.29 is 123 Å². The van der Waals surface area contributed by atoms with Crippen molar-refractivity contribution in [3.8, 4) is 51.7 Å². The molecule has 4 aromatic carbocycles. The quantitative estimate of drug-likeness (QED) is 0.0672. The Bertz CT molecular complexity index is 2630. The molecule has 2 unspecified atom stereocenters. The van der Waals surface area contributed by atoms with Crippen LogP contribution in [-0.4, -0.2) is 191 Å². The SMILES string of the molecule is N[C@H]1C(O)O[C@H](CO)[C@@H](O)[C@@H]1O.N[C@H]1C(O)O[C@H](CO)[C@@H](O)[C@@H]1O.O=S(=O)(O)O.O=c1cc([C@H]2Oc3cc(O)cc(O)c3C[C@H]2O)cc2c([C@H]3Oc4cc(O)cc(O)c4C[C@H]3O)cc(O)c(O)c2c1O. The Morgan fingerprint density at radius 3 is 1.40 bits per heavy atom. The molecule has 0 aromatic heterocycles. The van der Waals surface area contributed by atoms with Gasteiger partial charge in [0, 0.05) is 53.8 Å². The summed E-state index contributed by atoms with van der Waals surface area (Å²) in [5.74, 6) is -3.63. The molecular formula is C41H52N2O26S. The minimum Gasteiger partial charge on any atom is -0.508 e. The zero-order valence-electron chi connectivity index (χ0n) is 35.9. The molecule has 14 atom stereocenters. The number of fused-ring (bicyclic) bond motifs is 3. The maximum Gasteiger partial charge on any atom is 0.394 e. The Kier molecular flexibility index (Phi) is 17.5. The minimum atomic E-state index is -4.67. The summed E-state index contributed by atoms with van der Waals surface area (Å²) >= 11 is 0. The van der Waals surface area contributed by atoms with E-state index in [1.165, 1.54) is 18.2 Å². The lowest BCUT2D eigenvalue weighted by molar-refractivity contribution is -0.248. The van der Waals surface area contributed by atoms with Crippen molar-refractivity contribution in [2.75, 3.05) is 13.2 Å². The standard InChI is InChI=1S/C29H24O12.2C6H13NO5.H2O4S/c30-11-3-17(32)15-8-21(36)28(40-23(15)5-11)10-1-13-14(7-20(35)27(39)25(13)26(38)19(34)2-10)29-22(37)9-16-18(33)4-12(31)6-24(16)41-29;2*7-3-5(10)4(9)2(1-8)12-6(3)11;1-5(2,3)4/h1-7,21-22,28-33,35-37,39H,8-9H2,(H,34,38);2*2-6,8-11H,1,7H2;(H2,1,2,3,4)/t21-,22-,28-,29-;2*2-,3-,4-,5-,6?;/m111./s1. The third-order valence-corrected chi connectivity index (χ3v) is 11.3. The lowest BCUT2D eigenvalue weighted by Crippen LogP contribution is -2.61. The monoisotopic (exact) mass is 1020 g/mol. The molecule has 0 spiro atoms. The van der Waals surface area contributed by atoms with Crippen molar-refractivity contribution in [3.63, 3.8) is 0 Å². The number of ether oxygens (including phenoxy) is 4. The number of phenols is 6. The zero-order valence-corrected chi connectivity index (χ0v) is 36.7. The summed E-state index contributed by atoms with van der Waals surface area (Å²) in [4.78, 5) is 13.0. The van der Waals surface area contributed by atoms with E-state index in [-0.39, 0.29) is 75.0 Å². The van der Waals surface area contributed by atoms with Crippen molar-refractivity contribution in [3.05, 3.63) is 74.9 Å². The smallest absolute Gasteiger partial charge is 0.394 e. The van der Waals surface area contributed by atoms with Crippen molar-refractivity contribution in [2.45, 2.75) is 98.5 Å². The Hall–Kier alpha value is -5.68. The fourth-order valence-electron chi connectivity index (χ4n) is 7.75. The van der Waals surface area contributed by atoms with Gasteiger partial charge in [-0.05, 0) is 29.1 Å². The number of nitrogens with two attached hydrogens (primary N) is 2. The summed E-state index contributed by atoms with van der Waals surface area (Å²) in [5.41, 5.74) is 10.0. The molecule has 28 nitrogen and oxygen atoms in total. The van der Waals surface area contributed by atoms with Gasteiger partial charge in [-0.25, -0.2) is 0 Å². The summed E-state index contributed by atoms with van der Waals surface area (Å²) < 4.78 is 52.8. The van der Waals surface area contributed by atoms with E-state index < -0.39 is 137 Å². The molecule has 4 aliphatic rings. The lowest BCUT2D eigenvalue weighted by Gasteiger charge is -2.38. The molecule has 4 aliphatic heterocycles. The maximum atomic E-state index is 13.0. The van der Waals surface area contributed by atoms with Crippen molar-refractivity contribution in [1.29, 1.82) is 0 Å². The van der Waals surface area contributed by atoms with E-state index in [9.17, 15) is 71.2 Å². The highest BCUT2D eigenvalue weighted by molar-refractivity contribution is 7.79. The van der Waals surface area contributed by atoms with E-state index in [1.54, 1.807) is 0 Å². The molecule has 4 heterocycles. The van der Waals surface area contributed by atoms with Crippen LogP contribution in [0.4, 0.5) is 0 Å². The number of benzene rings is 3. The highest BCUT2D eigenvalue weighted by atomic mass is 32.3. The van der Waals surface area contributed by atoms with E-state index >= 15 is 0 Å². The third-order valence-electron chi connectivity index (χ3n) is 11.3. The van der Waals surface area contributed by atoms with E-state index in [4.69, 9.17) is 68.4 Å². The number of hydrogen-bond donors (Lipinski definition) is 21. The van der Waals surface area contributed by atoms with Gasteiger partial charge in [0.15, 0.2) is 35.9 Å². The molecule has 2 fully saturated rings. The molecule has 23 N–H and O–H groups in total. The molecule has 0 radical (unpaired) electrons. The first-order valence-electron chi connectivity index (χ1n) is 20.4. The fourth-order valence-corrected chi connectivity index (χ4v) is 7.75. The van der Waals surface area contributed by atoms with Crippen LogP contribution >= 0.6 is 0 Å². The molecule has 8 rings (SSSR count). The first kappa shape index (κ1) is 55.2. The zero-order chi connectivity index (χ0) is 52.4. The minimum absolute atomic E-state index is 0.0180. The number of hydrogen-bond acceptors (Lipinski definition) is 26. The second-order valence-electron chi connectivity index (χ2n) is 16.2. The van der Waals surface area contributed by atoms with E-state index in [0.717, 1.165) is 24.3 Å². The molecule has 0 aliphatic carbocycles. The summed E-state index contributed by atoms with van der Waals surface area (Å²) in [5, 5.41) is 166. The molecule has 0 amide bonds. The summed E-state index contributed by atoms with van der Waals surface area (Å²) in [7, 11) is -4.67. The molecular weight excluding hydrogens is 969 g/mol. The Balaban J connectivity index is 0.000000254. The summed E-state index contributed by atoms with van der Waals surface area (Å²) in [6, 6.07) is 5.93. The lowest BCUT2D eigenvalue weighted by atomic mass is 9.90. The Labute approximate surface area is 393 Å². The van der Waals surface area contributed by atoms with Gasteiger partial charge in [0.2, 0.25) is 5.43 Å². The van der Waals surface area contributed by atoms with Gasteiger partial charge >= 0.3 is 10.4 Å². The average molecular weight is 1020 g/mol. The van der Waals surface area contributed by atoms with Crippen molar-refractivity contribution in [1.82, 2.24) is 0 Å². The Morgan fingerprint density at radius 2 is 0.971 bits per heavy atom. The number of phenolic OH excluding ortho intramolecular Hbond substituents is 6. The van der Waals surface area contributed by atoms with Gasteiger partial charge in [-0.1, -0.05) is 0 Å². The maximum absolute atomic E-state index is 13.0. The van der Waals surface area contributed by atoms with Crippen LogP contribution in [0.5, 0.6) is 51.7 Å². The first-order chi connectivity index (χ1) is 32.6. The van der Waals surface area contributed by atoms with Gasteiger partial charge in [-0.3, -0.25) is 13.9 Å². The average Bonchev–Trinajstić information content (AvgIpc) is 3.41. The second kappa shape index (κ2) is 22.2. The van der Waals surface area contributed by atoms with Crippen LogP contribution in [0.1, 0.15) is 34.5 Å². The highest BCUT2D eigenvalue weighted by Crippen LogP contribution is 2.48. The van der Waals surface area contributed by atoms with Crippen molar-refractivity contribution >= 4 is 21.2 Å². The van der Waals surface area contributed by atoms with Crippen LogP contribution in [0, 0.1) is 0 Å². The number of aliphatic hydroxyl groups excluding tert-OH is 10. The highest BCUT2D eigenvalue weighted by Gasteiger charge is 2.43. The predicted octanol–water partition coefficient (Wildman–Crippen LogP) is -4.95. The van der Waals surface area contributed by atoms with Crippen molar-refractivity contribution in [2.24, 2.45) is 11.5 Å². The van der Waals surface area contributed by atoms with E-state index in [1.807, 2.05) is 0 Å². The van der Waals surface area contributed by atoms with Crippen LogP contribution in [0.15, 0.2) is 47.3 Å². The predicted molar refractivity (Wildman–Crippen MR) is 231 cm³/mol. The van der Waals surface area contributed by atoms with E-state index in [2.05, 4.69) is 0 Å². The third kappa shape index (κ3) is 12.2. The molecule has 2 saturated heterocycles. The van der Waals surface area contributed by atoms with Gasteiger partial charge in [0.05, 0.1) is 42.9 Å². The van der Waals surface area contributed by atoms with Gasteiger partial charge < -0.3 is 117 Å². The number of aromatic hydroxyl groups is 7. The van der Waals surface area contributed by atoms with Gasteiger partial charge in [0.25, 0.3) is 0 Å². The molecule has 29 heteroatoms. The fraction of sp³-hybridized carbons (Fsp3) is 0.439. The normalized spacial score (nSPS) is 30.3. The largest absolute Gasteiger partial charge is 0.508 e. The second-order valence-corrected chi connectivity index (χ2v) is 17.1. The molecule has 0 saturated carbocycles. The van der Waals surface area contributed by atoms with Crippen LogP contribution in [-0.2, 0) is 32.7 Å².